The molecule has 0 saturated heterocycles. The summed E-state index contributed by atoms with van der Waals surface area (Å²) in [6, 6.07) is 26.6. The van der Waals surface area contributed by atoms with Gasteiger partial charge in [0.25, 0.3) is 5.78 Å². The Morgan fingerprint density at radius 3 is 1.72 bits per heavy atom. The molecule has 0 fully saturated rings. The van der Waals surface area contributed by atoms with Crippen molar-refractivity contribution in [2.45, 2.75) is 38.7 Å². The first kappa shape index (κ1) is 20.5. The van der Waals surface area contributed by atoms with E-state index in [-0.39, 0.29) is 0 Å². The Kier molecular flexibility index (Phi) is 5.69. The van der Waals surface area contributed by atoms with Crippen LogP contribution in [0.25, 0.3) is 0 Å². The van der Waals surface area contributed by atoms with Crippen molar-refractivity contribution in [3.05, 3.63) is 107 Å². The van der Waals surface area contributed by atoms with E-state index in [1.165, 1.54) is 0 Å². The lowest BCUT2D eigenvalue weighted by Crippen LogP contribution is -2.31. The summed E-state index contributed by atoms with van der Waals surface area (Å²) in [5, 5.41) is 0. The second-order valence-electron chi connectivity index (χ2n) is 8.13. The van der Waals surface area contributed by atoms with E-state index in [1.807, 2.05) is 86.6 Å². The SMILES string of the molecule is CC(C)(OC(=O)C(=O)c1ccccc1C(C)(C)c1ccccc1)c1ccccc1. The Balaban J connectivity index is 1.92. The van der Waals surface area contributed by atoms with Crippen molar-refractivity contribution in [3.8, 4) is 0 Å². The highest BCUT2D eigenvalue weighted by Gasteiger charge is 2.33. The molecule has 0 N–H and O–H groups in total. The Morgan fingerprint density at radius 2 is 1.14 bits per heavy atom. The fourth-order valence-corrected chi connectivity index (χ4v) is 3.52. The van der Waals surface area contributed by atoms with E-state index in [0.717, 1.165) is 16.7 Å². The van der Waals surface area contributed by atoms with Crippen LogP contribution in [0.2, 0.25) is 0 Å². The van der Waals surface area contributed by atoms with Gasteiger partial charge in [-0.05, 0) is 30.5 Å². The molecule has 3 heteroatoms. The minimum absolute atomic E-state index is 0.371. The number of hydrogen-bond donors (Lipinski definition) is 0. The Bertz CT molecular complexity index is 1000. The second kappa shape index (κ2) is 8.04. The maximum atomic E-state index is 13.1. The molecule has 0 spiro atoms. The van der Waals surface area contributed by atoms with Crippen LogP contribution in [-0.4, -0.2) is 11.8 Å². The normalized spacial score (nSPS) is 11.7. The van der Waals surface area contributed by atoms with Crippen LogP contribution in [0, 0.1) is 0 Å². The zero-order valence-electron chi connectivity index (χ0n) is 17.3. The van der Waals surface area contributed by atoms with Crippen LogP contribution in [0.3, 0.4) is 0 Å². The summed E-state index contributed by atoms with van der Waals surface area (Å²) in [4.78, 5) is 25.9. The summed E-state index contributed by atoms with van der Waals surface area (Å²) in [7, 11) is 0. The smallest absolute Gasteiger partial charge is 0.380 e. The fourth-order valence-electron chi connectivity index (χ4n) is 3.52. The molecular formula is C26H26O3. The van der Waals surface area contributed by atoms with Gasteiger partial charge in [0.15, 0.2) is 0 Å². The summed E-state index contributed by atoms with van der Waals surface area (Å²) in [6.45, 7) is 7.67. The van der Waals surface area contributed by atoms with E-state index in [4.69, 9.17) is 4.74 Å². The van der Waals surface area contributed by atoms with Crippen LogP contribution in [0.4, 0.5) is 0 Å². The largest absolute Gasteiger partial charge is 0.449 e. The topological polar surface area (TPSA) is 43.4 Å². The number of ketones is 1. The number of hydrogen-bond acceptors (Lipinski definition) is 3. The van der Waals surface area contributed by atoms with Gasteiger partial charge in [0.05, 0.1) is 0 Å². The molecule has 0 heterocycles. The van der Waals surface area contributed by atoms with Crippen LogP contribution in [0.1, 0.15) is 54.7 Å². The summed E-state index contributed by atoms with van der Waals surface area (Å²) < 4.78 is 5.63. The van der Waals surface area contributed by atoms with E-state index >= 15 is 0 Å². The van der Waals surface area contributed by atoms with Crippen molar-refractivity contribution < 1.29 is 14.3 Å². The van der Waals surface area contributed by atoms with Gasteiger partial charge < -0.3 is 4.74 Å². The van der Waals surface area contributed by atoms with Crippen molar-refractivity contribution in [3.63, 3.8) is 0 Å². The van der Waals surface area contributed by atoms with Crippen LogP contribution in [0.5, 0.6) is 0 Å². The molecule has 0 amide bonds. The molecule has 3 aromatic rings. The van der Waals surface area contributed by atoms with E-state index in [1.54, 1.807) is 26.0 Å². The molecule has 148 valence electrons. The molecule has 3 rings (SSSR count). The van der Waals surface area contributed by atoms with Gasteiger partial charge in [-0.15, -0.1) is 0 Å². The fraction of sp³-hybridized carbons (Fsp3) is 0.231. The van der Waals surface area contributed by atoms with E-state index in [2.05, 4.69) is 0 Å². The molecule has 0 aliphatic heterocycles. The van der Waals surface area contributed by atoms with Crippen molar-refractivity contribution in [2.75, 3.05) is 0 Å². The maximum absolute atomic E-state index is 13.1. The predicted octanol–water partition coefficient (Wildman–Crippen LogP) is 5.67. The number of rotatable bonds is 6. The minimum Gasteiger partial charge on any atom is -0.449 e. The number of carbonyl (C=O) groups excluding carboxylic acids is 2. The monoisotopic (exact) mass is 386 g/mol. The number of carbonyl (C=O) groups is 2. The first-order valence-electron chi connectivity index (χ1n) is 9.72. The molecule has 0 bridgehead atoms. The molecule has 0 aliphatic rings. The van der Waals surface area contributed by atoms with E-state index in [0.29, 0.717) is 5.56 Å². The standard InChI is InChI=1S/C26H26O3/c1-25(2,19-13-7-5-8-14-19)22-18-12-11-17-21(22)23(27)24(28)29-26(3,4)20-15-9-6-10-16-20/h5-18H,1-4H3. The zero-order valence-corrected chi connectivity index (χ0v) is 17.3. The Morgan fingerprint density at radius 1 is 0.655 bits per heavy atom. The first-order chi connectivity index (χ1) is 13.7. The lowest BCUT2D eigenvalue weighted by atomic mass is 9.75. The zero-order chi connectivity index (χ0) is 21.1. The maximum Gasteiger partial charge on any atom is 0.380 e. The van der Waals surface area contributed by atoms with Gasteiger partial charge in [0, 0.05) is 11.0 Å². The van der Waals surface area contributed by atoms with Gasteiger partial charge in [-0.2, -0.15) is 0 Å². The lowest BCUT2D eigenvalue weighted by Gasteiger charge is -2.29. The molecule has 0 saturated carbocycles. The van der Waals surface area contributed by atoms with Crippen molar-refractivity contribution in [2.24, 2.45) is 0 Å². The highest BCUT2D eigenvalue weighted by molar-refractivity contribution is 6.41. The second-order valence-corrected chi connectivity index (χ2v) is 8.13. The van der Waals surface area contributed by atoms with Gasteiger partial charge in [0.1, 0.15) is 5.60 Å². The molecule has 3 nitrogen and oxygen atoms in total. The van der Waals surface area contributed by atoms with Crippen LogP contribution in [-0.2, 0) is 20.5 Å². The van der Waals surface area contributed by atoms with E-state index in [9.17, 15) is 9.59 Å². The quantitative estimate of drug-likeness (QED) is 0.311. The number of ether oxygens (including phenoxy) is 1. The first-order valence-corrected chi connectivity index (χ1v) is 9.72. The Hall–Kier alpha value is -3.20. The van der Waals surface area contributed by atoms with Crippen LogP contribution >= 0.6 is 0 Å². The molecule has 0 aromatic heterocycles. The highest BCUT2D eigenvalue weighted by Crippen LogP contribution is 2.34. The molecule has 0 atom stereocenters. The van der Waals surface area contributed by atoms with Gasteiger partial charge >= 0.3 is 5.97 Å². The average Bonchev–Trinajstić information content (AvgIpc) is 2.74. The van der Waals surface area contributed by atoms with Crippen molar-refractivity contribution in [1.82, 2.24) is 0 Å². The van der Waals surface area contributed by atoms with Crippen molar-refractivity contribution >= 4 is 11.8 Å². The molecule has 0 unspecified atom stereocenters. The van der Waals surface area contributed by atoms with Crippen LogP contribution in [0.15, 0.2) is 84.9 Å². The third kappa shape index (κ3) is 4.29. The summed E-state index contributed by atoms with van der Waals surface area (Å²) in [5.41, 5.74) is 1.72. The predicted molar refractivity (Wildman–Crippen MR) is 115 cm³/mol. The molecule has 29 heavy (non-hydrogen) atoms. The van der Waals surface area contributed by atoms with Gasteiger partial charge in [-0.25, -0.2) is 4.79 Å². The minimum atomic E-state index is -0.905. The third-order valence-electron chi connectivity index (χ3n) is 5.34. The summed E-state index contributed by atoms with van der Waals surface area (Å²) in [6.07, 6.45) is 0. The molecule has 3 aromatic carbocycles. The summed E-state index contributed by atoms with van der Waals surface area (Å²) >= 11 is 0. The van der Waals surface area contributed by atoms with Gasteiger partial charge in [-0.1, -0.05) is 98.8 Å². The third-order valence-corrected chi connectivity index (χ3v) is 5.34. The number of Topliss-reactive ketones (excluding diaryl/α,β-unsaturated/α-hetero) is 1. The van der Waals surface area contributed by atoms with Gasteiger partial charge in [-0.3, -0.25) is 4.79 Å². The lowest BCUT2D eigenvalue weighted by molar-refractivity contribution is -0.151. The van der Waals surface area contributed by atoms with Crippen molar-refractivity contribution in [1.29, 1.82) is 0 Å². The molecular weight excluding hydrogens is 360 g/mol. The van der Waals surface area contributed by atoms with E-state index < -0.39 is 22.8 Å². The molecule has 0 radical (unpaired) electrons. The highest BCUT2D eigenvalue weighted by atomic mass is 16.6. The molecule has 0 aliphatic carbocycles. The van der Waals surface area contributed by atoms with Gasteiger partial charge in [0.2, 0.25) is 0 Å². The number of esters is 1. The summed E-state index contributed by atoms with van der Waals surface area (Å²) in [5.74, 6) is -1.48. The average molecular weight is 386 g/mol. The Labute approximate surface area is 172 Å². The van der Waals surface area contributed by atoms with Crippen LogP contribution < -0.4 is 0 Å². The number of benzene rings is 3.